The van der Waals surface area contributed by atoms with Gasteiger partial charge >= 0.3 is 18.3 Å². The Hall–Kier alpha value is -2.27. The van der Waals surface area contributed by atoms with Crippen molar-refractivity contribution in [2.45, 2.75) is 37.2 Å². The second-order valence-electron chi connectivity index (χ2n) is 6.81. The summed E-state index contributed by atoms with van der Waals surface area (Å²) in [6.45, 7) is 0. The highest BCUT2D eigenvalue weighted by molar-refractivity contribution is 7.99. The summed E-state index contributed by atoms with van der Waals surface area (Å²) >= 11 is 1.18. The molecule has 3 N–H and O–H groups in total. The van der Waals surface area contributed by atoms with Crippen LogP contribution in [0.5, 0.6) is 0 Å². The molecule has 170 valence electrons. The highest BCUT2D eigenvalue weighted by Crippen LogP contribution is 2.39. The molecule has 2 unspecified atom stereocenters. The topological polar surface area (TPSA) is 76.2 Å². The molecule has 0 spiro atoms. The Bertz CT molecular complexity index is 871. The summed E-state index contributed by atoms with van der Waals surface area (Å²) in [5.74, 6) is -2.44. The molecule has 1 heterocycles. The number of rotatable bonds is 9. The van der Waals surface area contributed by atoms with Crippen LogP contribution in [0.2, 0.25) is 0 Å². The van der Waals surface area contributed by atoms with Crippen molar-refractivity contribution in [3.05, 3.63) is 53.9 Å². The summed E-state index contributed by atoms with van der Waals surface area (Å²) in [5.41, 5.74) is 4.88. The lowest BCUT2D eigenvalue weighted by atomic mass is 9.94. The molecule has 0 saturated heterocycles. The maximum atomic E-state index is 13.5. The number of hydrogen-bond donors (Lipinski definition) is 2. The van der Waals surface area contributed by atoms with Gasteiger partial charge in [-0.1, -0.05) is 24.3 Å². The number of aliphatic carboxylic acids is 1. The molecule has 0 aliphatic heterocycles. The quantitative estimate of drug-likeness (QED) is 0.386. The first-order valence-corrected chi connectivity index (χ1v) is 10.3. The second-order valence-corrected chi connectivity index (χ2v) is 8.04. The summed E-state index contributed by atoms with van der Waals surface area (Å²) in [7, 11) is 0. The fraction of sp³-hybridized carbons (Fsp3) is 0.400. The highest BCUT2D eigenvalue weighted by atomic mass is 32.2. The molecule has 0 aliphatic rings. The monoisotopic (exact) mass is 466 g/mol. The molecule has 2 atom stereocenters. The Labute approximate surface area is 178 Å². The first kappa shape index (κ1) is 25.0. The number of pyridine rings is 1. The van der Waals surface area contributed by atoms with E-state index in [0.717, 1.165) is 6.07 Å². The minimum Gasteiger partial charge on any atom is -0.480 e. The van der Waals surface area contributed by atoms with E-state index in [0.29, 0.717) is 17.5 Å². The number of aromatic nitrogens is 1. The molecule has 1 aromatic carbocycles. The normalized spacial score (nSPS) is 14.3. The molecule has 0 fully saturated rings. The lowest BCUT2D eigenvalue weighted by Crippen LogP contribution is -2.30. The molecule has 2 rings (SSSR count). The lowest BCUT2D eigenvalue weighted by molar-refractivity contribution is -0.150. The third-order valence-electron chi connectivity index (χ3n) is 4.55. The molecule has 0 bridgehead atoms. The van der Waals surface area contributed by atoms with E-state index in [1.807, 2.05) is 0 Å². The number of alkyl halides is 6. The van der Waals surface area contributed by atoms with Gasteiger partial charge in [-0.15, -0.1) is 0 Å². The van der Waals surface area contributed by atoms with Crippen LogP contribution in [0.3, 0.4) is 0 Å². The van der Waals surface area contributed by atoms with Crippen LogP contribution in [-0.2, 0) is 11.0 Å². The van der Waals surface area contributed by atoms with E-state index in [1.165, 1.54) is 42.2 Å². The fourth-order valence-electron chi connectivity index (χ4n) is 2.82. The van der Waals surface area contributed by atoms with Gasteiger partial charge in [-0.2, -0.15) is 38.1 Å². The van der Waals surface area contributed by atoms with Crippen molar-refractivity contribution in [3.63, 3.8) is 0 Å². The Kier molecular flexibility index (Phi) is 8.35. The van der Waals surface area contributed by atoms with Gasteiger partial charge in [-0.05, 0) is 41.5 Å². The van der Waals surface area contributed by atoms with Crippen LogP contribution < -0.4 is 5.73 Å². The molecule has 0 aliphatic carbocycles. The molecule has 0 amide bonds. The van der Waals surface area contributed by atoms with Gasteiger partial charge in [0.05, 0.1) is 11.5 Å². The highest BCUT2D eigenvalue weighted by Gasteiger charge is 2.40. The standard InChI is InChI=1S/C20H20F6N2O2S/c21-19(22,23)15-9-14(10-28-11-15)12-1-3-13(4-2-12)16(20(24,25)26)5-7-31-8-6-17(27)18(29)30/h1-4,9-11,16-17H,5-8,27H2,(H,29,30). The van der Waals surface area contributed by atoms with Crippen molar-refractivity contribution >= 4 is 17.7 Å². The van der Waals surface area contributed by atoms with Gasteiger partial charge in [-0.25, -0.2) is 0 Å². The predicted octanol–water partition coefficient (Wildman–Crippen LogP) is 5.34. The van der Waals surface area contributed by atoms with Crippen LogP contribution >= 0.6 is 11.8 Å². The van der Waals surface area contributed by atoms with Crippen LogP contribution in [0.4, 0.5) is 26.3 Å². The molecular weight excluding hydrogens is 446 g/mol. The third kappa shape index (κ3) is 7.42. The molecule has 2 aromatic rings. The second kappa shape index (κ2) is 10.4. The van der Waals surface area contributed by atoms with Gasteiger partial charge in [0, 0.05) is 18.0 Å². The molecular formula is C20H20F6N2O2S. The molecule has 31 heavy (non-hydrogen) atoms. The summed E-state index contributed by atoms with van der Waals surface area (Å²) < 4.78 is 79.1. The molecule has 11 heteroatoms. The Morgan fingerprint density at radius 1 is 1.00 bits per heavy atom. The van der Waals surface area contributed by atoms with Gasteiger partial charge in [0.1, 0.15) is 6.04 Å². The first-order valence-electron chi connectivity index (χ1n) is 9.15. The largest absolute Gasteiger partial charge is 0.480 e. The van der Waals surface area contributed by atoms with E-state index < -0.39 is 35.8 Å². The maximum absolute atomic E-state index is 13.5. The predicted molar refractivity (Wildman–Crippen MR) is 106 cm³/mol. The zero-order chi connectivity index (χ0) is 23.2. The Morgan fingerprint density at radius 3 is 2.16 bits per heavy atom. The number of nitrogens with zero attached hydrogens (tertiary/aromatic N) is 1. The molecule has 0 saturated carbocycles. The SMILES string of the molecule is NC(CCSCCC(c1ccc(-c2cncc(C(F)(F)F)c2)cc1)C(F)(F)F)C(=O)O. The number of halogens is 6. The number of nitrogens with two attached hydrogens (primary N) is 1. The van der Waals surface area contributed by atoms with Crippen molar-refractivity contribution in [1.82, 2.24) is 4.98 Å². The van der Waals surface area contributed by atoms with E-state index in [1.54, 1.807) is 0 Å². The number of carboxylic acids is 1. The third-order valence-corrected chi connectivity index (χ3v) is 5.60. The lowest BCUT2D eigenvalue weighted by Gasteiger charge is -2.21. The average molecular weight is 466 g/mol. The van der Waals surface area contributed by atoms with Gasteiger partial charge in [0.25, 0.3) is 0 Å². The fourth-order valence-corrected chi connectivity index (χ4v) is 3.84. The van der Waals surface area contributed by atoms with E-state index in [-0.39, 0.29) is 29.7 Å². The van der Waals surface area contributed by atoms with Crippen molar-refractivity contribution < 1.29 is 36.2 Å². The van der Waals surface area contributed by atoms with Gasteiger partial charge in [-0.3, -0.25) is 9.78 Å². The van der Waals surface area contributed by atoms with Gasteiger partial charge in [0.15, 0.2) is 0 Å². The zero-order valence-electron chi connectivity index (χ0n) is 16.1. The zero-order valence-corrected chi connectivity index (χ0v) is 16.9. The van der Waals surface area contributed by atoms with Crippen LogP contribution in [0, 0.1) is 0 Å². The minimum absolute atomic E-state index is 0.000905. The summed E-state index contributed by atoms with van der Waals surface area (Å²) in [6, 6.07) is 5.01. The van der Waals surface area contributed by atoms with Crippen LogP contribution in [-0.4, -0.2) is 39.8 Å². The molecule has 1 aromatic heterocycles. The van der Waals surface area contributed by atoms with Crippen LogP contribution in [0.1, 0.15) is 29.9 Å². The van der Waals surface area contributed by atoms with Gasteiger partial charge in [0.2, 0.25) is 0 Å². The summed E-state index contributed by atoms with van der Waals surface area (Å²) in [5, 5.41) is 8.70. The Balaban J connectivity index is 2.07. The Morgan fingerprint density at radius 2 is 1.61 bits per heavy atom. The van der Waals surface area contributed by atoms with Crippen LogP contribution in [0.15, 0.2) is 42.7 Å². The average Bonchev–Trinajstić information content (AvgIpc) is 2.69. The van der Waals surface area contributed by atoms with Gasteiger partial charge < -0.3 is 10.8 Å². The number of carboxylic acid groups (broad SMARTS) is 1. The van der Waals surface area contributed by atoms with E-state index in [2.05, 4.69) is 4.98 Å². The maximum Gasteiger partial charge on any atom is 0.417 e. The van der Waals surface area contributed by atoms with Crippen molar-refractivity contribution in [2.75, 3.05) is 11.5 Å². The van der Waals surface area contributed by atoms with Crippen molar-refractivity contribution in [1.29, 1.82) is 0 Å². The number of carbonyl (C=O) groups is 1. The minimum atomic E-state index is -4.57. The van der Waals surface area contributed by atoms with Crippen molar-refractivity contribution in [2.24, 2.45) is 5.73 Å². The van der Waals surface area contributed by atoms with E-state index in [4.69, 9.17) is 10.8 Å². The van der Waals surface area contributed by atoms with E-state index in [9.17, 15) is 31.1 Å². The molecule has 4 nitrogen and oxygen atoms in total. The first-order chi connectivity index (χ1) is 14.4. The van der Waals surface area contributed by atoms with Crippen molar-refractivity contribution in [3.8, 4) is 11.1 Å². The molecule has 0 radical (unpaired) electrons. The van der Waals surface area contributed by atoms with E-state index >= 15 is 0 Å². The summed E-state index contributed by atoms with van der Waals surface area (Å²) in [4.78, 5) is 14.2. The number of hydrogen-bond acceptors (Lipinski definition) is 4. The number of benzene rings is 1. The smallest absolute Gasteiger partial charge is 0.417 e. The summed E-state index contributed by atoms with van der Waals surface area (Å²) in [6.07, 6.45) is -7.26. The number of thioether (sulfide) groups is 1. The van der Waals surface area contributed by atoms with Crippen LogP contribution in [0.25, 0.3) is 11.1 Å².